The van der Waals surface area contributed by atoms with Crippen LogP contribution in [0.5, 0.6) is 0 Å². The van der Waals surface area contributed by atoms with Crippen LogP contribution in [0, 0.1) is 0 Å². The summed E-state index contributed by atoms with van der Waals surface area (Å²) in [4.78, 5) is 16.9. The summed E-state index contributed by atoms with van der Waals surface area (Å²) in [6, 6.07) is 0.408. The molecule has 0 radical (unpaired) electrons. The van der Waals surface area contributed by atoms with E-state index in [1.165, 1.54) is 32.4 Å². The molecule has 0 aliphatic carbocycles. The normalized spacial score (nSPS) is 33.4. The van der Waals surface area contributed by atoms with Gasteiger partial charge >= 0.3 is 0 Å². The second kappa shape index (κ2) is 8.53. The van der Waals surface area contributed by atoms with E-state index in [-0.39, 0.29) is 42.9 Å². The van der Waals surface area contributed by atoms with Crippen LogP contribution in [-0.4, -0.2) is 71.7 Å². The quantitative estimate of drug-likeness (QED) is 0.775. The molecule has 3 aliphatic heterocycles. The van der Waals surface area contributed by atoms with Gasteiger partial charge in [0.1, 0.15) is 0 Å². The second-order valence-corrected chi connectivity index (χ2v) is 6.17. The van der Waals surface area contributed by atoms with Crippen molar-refractivity contribution in [2.24, 2.45) is 0 Å². The summed E-state index contributed by atoms with van der Waals surface area (Å²) in [5.74, 6) is 0.191. The molecule has 124 valence electrons. The lowest BCUT2D eigenvalue weighted by molar-refractivity contribution is -0.132. The molecular formula is C14H27Cl2N3O2. The first-order valence-corrected chi connectivity index (χ1v) is 7.68. The number of β-amino-alcohol motifs (C(OH)–C–C–N with tert-alkyl or cyclic N) is 1. The molecule has 3 aliphatic rings. The third-order valence-corrected chi connectivity index (χ3v) is 4.79. The molecule has 3 atom stereocenters. The van der Waals surface area contributed by atoms with E-state index in [0.29, 0.717) is 19.0 Å². The van der Waals surface area contributed by atoms with Crippen LogP contribution < -0.4 is 5.32 Å². The first-order valence-electron chi connectivity index (χ1n) is 7.68. The molecule has 3 saturated heterocycles. The summed E-state index contributed by atoms with van der Waals surface area (Å²) in [5, 5.41) is 12.6. The third kappa shape index (κ3) is 4.45. The highest BCUT2D eigenvalue weighted by molar-refractivity contribution is 5.85. The van der Waals surface area contributed by atoms with Gasteiger partial charge in [0, 0.05) is 25.7 Å². The molecule has 3 fully saturated rings. The van der Waals surface area contributed by atoms with Crippen molar-refractivity contribution in [2.75, 3.05) is 32.7 Å². The maximum atomic E-state index is 12.4. The number of hydrogen-bond acceptors (Lipinski definition) is 4. The average molecular weight is 340 g/mol. The van der Waals surface area contributed by atoms with Crippen LogP contribution in [0.2, 0.25) is 0 Å². The fraction of sp³-hybridized carbons (Fsp3) is 0.929. The van der Waals surface area contributed by atoms with E-state index in [1.807, 2.05) is 4.90 Å². The van der Waals surface area contributed by atoms with Crippen molar-refractivity contribution in [1.82, 2.24) is 15.1 Å². The number of nitrogens with zero attached hydrogens (tertiary/aromatic N) is 2. The zero-order valence-corrected chi connectivity index (χ0v) is 14.0. The van der Waals surface area contributed by atoms with Gasteiger partial charge in [-0.2, -0.15) is 0 Å². The zero-order valence-electron chi connectivity index (χ0n) is 12.4. The van der Waals surface area contributed by atoms with E-state index in [9.17, 15) is 9.90 Å². The number of amides is 1. The highest BCUT2D eigenvalue weighted by Gasteiger charge is 2.36. The molecule has 2 N–H and O–H groups in total. The Bertz CT molecular complexity index is 340. The van der Waals surface area contributed by atoms with Gasteiger partial charge in [0.05, 0.1) is 12.1 Å². The van der Waals surface area contributed by atoms with Crippen LogP contribution in [0.4, 0.5) is 0 Å². The predicted octanol–water partition coefficient (Wildman–Crippen LogP) is 0.640. The predicted molar refractivity (Wildman–Crippen MR) is 87.3 cm³/mol. The number of carbonyl (C=O) groups excluding carboxylic acids is 1. The van der Waals surface area contributed by atoms with Gasteiger partial charge in [-0.05, 0) is 38.8 Å². The number of piperidine rings is 1. The maximum Gasteiger partial charge on any atom is 0.239 e. The fourth-order valence-electron chi connectivity index (χ4n) is 3.65. The van der Waals surface area contributed by atoms with Gasteiger partial charge in [-0.1, -0.05) is 6.42 Å². The highest BCUT2D eigenvalue weighted by atomic mass is 35.5. The molecule has 3 heterocycles. The van der Waals surface area contributed by atoms with Crippen LogP contribution in [0.1, 0.15) is 32.1 Å². The van der Waals surface area contributed by atoms with Gasteiger partial charge in [0.15, 0.2) is 0 Å². The van der Waals surface area contributed by atoms with Crippen molar-refractivity contribution in [2.45, 2.75) is 50.3 Å². The van der Waals surface area contributed by atoms with Crippen LogP contribution in [-0.2, 0) is 4.79 Å². The molecule has 0 saturated carbocycles. The second-order valence-electron chi connectivity index (χ2n) is 6.17. The Morgan fingerprint density at radius 2 is 1.81 bits per heavy atom. The van der Waals surface area contributed by atoms with Crippen molar-refractivity contribution in [3.63, 3.8) is 0 Å². The van der Waals surface area contributed by atoms with Crippen LogP contribution in [0.3, 0.4) is 0 Å². The Morgan fingerprint density at radius 3 is 2.43 bits per heavy atom. The van der Waals surface area contributed by atoms with Gasteiger partial charge in [-0.3, -0.25) is 9.69 Å². The maximum absolute atomic E-state index is 12.4. The average Bonchev–Trinajstić information content (AvgIpc) is 3.08. The standard InChI is InChI=1S/C14H25N3O2.2ClH/c18-12-8-13(15-9-12)14(19)17-7-4-11(10-17)16-5-2-1-3-6-16;;/h11-13,15,18H,1-10H2;2*1H. The van der Waals surface area contributed by atoms with Gasteiger partial charge in [-0.15, -0.1) is 24.8 Å². The van der Waals surface area contributed by atoms with Crippen LogP contribution in [0.15, 0.2) is 0 Å². The van der Waals surface area contributed by atoms with Crippen molar-refractivity contribution >= 4 is 30.7 Å². The van der Waals surface area contributed by atoms with E-state index in [4.69, 9.17) is 0 Å². The molecular weight excluding hydrogens is 313 g/mol. The lowest BCUT2D eigenvalue weighted by atomic mass is 10.1. The molecule has 0 bridgehead atoms. The molecule has 21 heavy (non-hydrogen) atoms. The van der Waals surface area contributed by atoms with Gasteiger partial charge in [0.25, 0.3) is 0 Å². The fourth-order valence-corrected chi connectivity index (χ4v) is 3.65. The number of halogens is 2. The first kappa shape index (κ1) is 19.0. The molecule has 0 aromatic carbocycles. The Hall–Kier alpha value is -0.0700. The number of aliphatic hydroxyl groups is 1. The van der Waals surface area contributed by atoms with E-state index < -0.39 is 0 Å². The lowest BCUT2D eigenvalue weighted by Gasteiger charge is -2.32. The lowest BCUT2D eigenvalue weighted by Crippen LogP contribution is -2.45. The monoisotopic (exact) mass is 339 g/mol. The molecule has 0 aromatic heterocycles. The SMILES string of the molecule is Cl.Cl.O=C(C1CC(O)CN1)N1CCC(N2CCCCC2)C1. The summed E-state index contributed by atoms with van der Waals surface area (Å²) in [6.45, 7) is 4.72. The topological polar surface area (TPSA) is 55.8 Å². The molecule has 0 aromatic rings. The first-order chi connectivity index (χ1) is 9.24. The van der Waals surface area contributed by atoms with Crippen molar-refractivity contribution in [3.8, 4) is 0 Å². The van der Waals surface area contributed by atoms with Gasteiger partial charge < -0.3 is 15.3 Å². The van der Waals surface area contributed by atoms with E-state index >= 15 is 0 Å². The molecule has 0 spiro atoms. The van der Waals surface area contributed by atoms with Crippen molar-refractivity contribution in [1.29, 1.82) is 0 Å². The third-order valence-electron chi connectivity index (χ3n) is 4.79. The van der Waals surface area contributed by atoms with E-state index in [1.54, 1.807) is 0 Å². The number of likely N-dealkylation sites (tertiary alicyclic amines) is 2. The van der Waals surface area contributed by atoms with Gasteiger partial charge in [-0.25, -0.2) is 0 Å². The minimum absolute atomic E-state index is 0. The summed E-state index contributed by atoms with van der Waals surface area (Å²) >= 11 is 0. The Balaban J connectivity index is 0.00000110. The molecule has 3 unspecified atom stereocenters. The summed E-state index contributed by atoms with van der Waals surface area (Å²) in [6.07, 6.45) is 5.30. The summed E-state index contributed by atoms with van der Waals surface area (Å²) in [5.41, 5.74) is 0. The molecule has 7 heteroatoms. The van der Waals surface area contributed by atoms with Gasteiger partial charge in [0.2, 0.25) is 5.91 Å². The Morgan fingerprint density at radius 1 is 1.10 bits per heavy atom. The van der Waals surface area contributed by atoms with E-state index in [2.05, 4.69) is 10.2 Å². The number of carbonyl (C=O) groups is 1. The highest BCUT2D eigenvalue weighted by Crippen LogP contribution is 2.21. The summed E-state index contributed by atoms with van der Waals surface area (Å²) < 4.78 is 0. The molecule has 5 nitrogen and oxygen atoms in total. The minimum Gasteiger partial charge on any atom is -0.392 e. The molecule has 3 rings (SSSR count). The smallest absolute Gasteiger partial charge is 0.239 e. The summed E-state index contributed by atoms with van der Waals surface area (Å²) in [7, 11) is 0. The largest absolute Gasteiger partial charge is 0.392 e. The van der Waals surface area contributed by atoms with E-state index in [0.717, 1.165) is 19.5 Å². The zero-order chi connectivity index (χ0) is 13.2. The Kier molecular flexibility index (Phi) is 7.71. The Labute approximate surface area is 139 Å². The number of nitrogens with one attached hydrogen (secondary N) is 1. The van der Waals surface area contributed by atoms with Crippen molar-refractivity contribution in [3.05, 3.63) is 0 Å². The number of aliphatic hydroxyl groups excluding tert-OH is 1. The number of hydrogen-bond donors (Lipinski definition) is 2. The van der Waals surface area contributed by atoms with Crippen LogP contribution in [0.25, 0.3) is 0 Å². The molecule has 1 amide bonds. The van der Waals surface area contributed by atoms with Crippen LogP contribution >= 0.6 is 24.8 Å². The van der Waals surface area contributed by atoms with Crippen molar-refractivity contribution < 1.29 is 9.90 Å². The number of rotatable bonds is 2. The minimum atomic E-state index is -0.352.